The number of hydrogen-bond donors (Lipinski definition) is 0. The summed E-state index contributed by atoms with van der Waals surface area (Å²) in [5.41, 5.74) is 0. The molecule has 0 fully saturated rings. The van der Waals surface area contributed by atoms with Crippen molar-refractivity contribution in [3.8, 4) is 0 Å². The molecule has 79 heavy (non-hydrogen) atoms. The van der Waals surface area contributed by atoms with Gasteiger partial charge >= 0.3 is 17.9 Å². The van der Waals surface area contributed by atoms with Gasteiger partial charge in [-0.1, -0.05) is 277 Å². The van der Waals surface area contributed by atoms with Crippen LogP contribution in [0.3, 0.4) is 0 Å². The minimum Gasteiger partial charge on any atom is -0.462 e. The van der Waals surface area contributed by atoms with Crippen molar-refractivity contribution in [2.24, 2.45) is 0 Å². The van der Waals surface area contributed by atoms with Crippen LogP contribution in [0.1, 0.15) is 303 Å². The fraction of sp³-hybridized carbons (Fsp3) is 0.685. The van der Waals surface area contributed by atoms with Gasteiger partial charge in [-0.3, -0.25) is 14.4 Å². The van der Waals surface area contributed by atoms with Gasteiger partial charge in [-0.2, -0.15) is 0 Å². The van der Waals surface area contributed by atoms with Gasteiger partial charge in [0.15, 0.2) is 6.10 Å². The van der Waals surface area contributed by atoms with Crippen LogP contribution >= 0.6 is 0 Å². The third kappa shape index (κ3) is 64.5. The topological polar surface area (TPSA) is 78.9 Å². The van der Waals surface area contributed by atoms with Gasteiger partial charge in [0.1, 0.15) is 13.2 Å². The molecule has 0 heterocycles. The van der Waals surface area contributed by atoms with Crippen molar-refractivity contribution in [3.63, 3.8) is 0 Å². The lowest BCUT2D eigenvalue weighted by Crippen LogP contribution is -2.30. The zero-order valence-electron chi connectivity index (χ0n) is 51.6. The number of rotatable bonds is 59. The molecule has 0 aromatic rings. The van der Waals surface area contributed by atoms with E-state index < -0.39 is 6.10 Å². The molecule has 0 aromatic heterocycles. The van der Waals surface area contributed by atoms with E-state index in [0.717, 1.165) is 148 Å². The van der Waals surface area contributed by atoms with Gasteiger partial charge in [0.05, 0.1) is 0 Å². The maximum absolute atomic E-state index is 12.9. The van der Waals surface area contributed by atoms with Crippen LogP contribution in [-0.2, 0) is 28.6 Å². The molecule has 0 aliphatic carbocycles. The first kappa shape index (κ1) is 74.8. The molecule has 0 amide bonds. The van der Waals surface area contributed by atoms with Crippen molar-refractivity contribution in [1.29, 1.82) is 0 Å². The minimum absolute atomic E-state index is 0.0901. The zero-order chi connectivity index (χ0) is 57.1. The van der Waals surface area contributed by atoms with Crippen LogP contribution in [0.5, 0.6) is 0 Å². The van der Waals surface area contributed by atoms with Crippen LogP contribution < -0.4 is 0 Å². The molecular formula is C73H122O6. The summed E-state index contributed by atoms with van der Waals surface area (Å²) in [5, 5.41) is 0. The van der Waals surface area contributed by atoms with E-state index >= 15 is 0 Å². The molecule has 1 unspecified atom stereocenters. The Labute approximate surface area is 488 Å². The quantitative estimate of drug-likeness (QED) is 0.0261. The normalized spacial score (nSPS) is 12.9. The summed E-state index contributed by atoms with van der Waals surface area (Å²) in [6.45, 7) is 6.47. The van der Waals surface area contributed by atoms with E-state index in [-0.39, 0.29) is 31.1 Å². The molecule has 450 valence electrons. The average molecular weight is 1100 g/mol. The molecule has 1 atom stereocenters. The number of carbonyl (C=O) groups is 3. The predicted octanol–water partition coefficient (Wildman–Crippen LogP) is 22.8. The van der Waals surface area contributed by atoms with Crippen molar-refractivity contribution >= 4 is 17.9 Å². The van der Waals surface area contributed by atoms with E-state index in [0.29, 0.717) is 19.3 Å². The summed E-state index contributed by atoms with van der Waals surface area (Å²) in [4.78, 5) is 38.3. The zero-order valence-corrected chi connectivity index (χ0v) is 51.6. The molecule has 0 spiro atoms. The second kappa shape index (κ2) is 66.3. The van der Waals surface area contributed by atoms with Gasteiger partial charge in [-0.25, -0.2) is 0 Å². The Kier molecular flexibility index (Phi) is 62.8. The molecule has 0 radical (unpaired) electrons. The number of allylic oxidation sites excluding steroid dienone is 20. The van der Waals surface area contributed by atoms with E-state index in [1.807, 2.05) is 0 Å². The van der Waals surface area contributed by atoms with Crippen molar-refractivity contribution in [1.82, 2.24) is 0 Å². The van der Waals surface area contributed by atoms with Crippen molar-refractivity contribution in [2.75, 3.05) is 13.2 Å². The second-order valence-electron chi connectivity index (χ2n) is 21.6. The summed E-state index contributed by atoms with van der Waals surface area (Å²) in [7, 11) is 0. The molecule has 0 saturated heterocycles. The lowest BCUT2D eigenvalue weighted by Gasteiger charge is -2.18. The Morgan fingerprint density at radius 2 is 0.506 bits per heavy atom. The summed E-state index contributed by atoms with van der Waals surface area (Å²) in [6, 6.07) is 0. The van der Waals surface area contributed by atoms with Crippen LogP contribution in [0.4, 0.5) is 0 Å². The summed E-state index contributed by atoms with van der Waals surface area (Å²) in [5.74, 6) is -0.912. The average Bonchev–Trinajstić information content (AvgIpc) is 3.45. The van der Waals surface area contributed by atoms with E-state index in [1.54, 1.807) is 0 Å². The Hall–Kier alpha value is -4.19. The second-order valence-corrected chi connectivity index (χ2v) is 21.6. The largest absolute Gasteiger partial charge is 0.462 e. The highest BCUT2D eigenvalue weighted by Crippen LogP contribution is 2.15. The van der Waals surface area contributed by atoms with Crippen LogP contribution in [-0.4, -0.2) is 37.2 Å². The van der Waals surface area contributed by atoms with Crippen LogP contribution in [0.2, 0.25) is 0 Å². The highest BCUT2D eigenvalue weighted by Gasteiger charge is 2.19. The van der Waals surface area contributed by atoms with Crippen molar-refractivity contribution in [2.45, 2.75) is 309 Å². The van der Waals surface area contributed by atoms with Gasteiger partial charge in [0.25, 0.3) is 0 Å². The standard InChI is InChI=1S/C73H122O6/c1-4-7-10-13-16-19-22-25-28-30-31-32-33-34-35-36-37-38-39-40-41-42-43-44-46-48-51-54-57-60-63-66-72(75)78-69-70(68-77-71(74)65-62-59-56-53-50-47-27-24-21-18-15-12-9-6-3)79-73(76)67-64-61-58-55-52-49-45-29-26-23-20-17-14-11-8-5-2/h7,10,15-16,18-19,24-25,27-29,31-32,34-35,37-38,40-41,45,70H,4-6,8-9,11-14,17,20-23,26,30,33,36,39,42-44,46-69H2,1-3H3/b10-7-,18-15-,19-16-,27-24-,28-25-,32-31-,35-34-,38-37-,41-40-,45-29-. The van der Waals surface area contributed by atoms with Crippen molar-refractivity contribution in [3.05, 3.63) is 122 Å². The lowest BCUT2D eigenvalue weighted by molar-refractivity contribution is -0.167. The Morgan fingerprint density at radius 1 is 0.266 bits per heavy atom. The molecule has 0 aromatic carbocycles. The van der Waals surface area contributed by atoms with Gasteiger partial charge in [0, 0.05) is 19.3 Å². The SMILES string of the molecule is CC/C=C\C/C=C\C/C=C\C/C=C\C/C=C\C/C=C\C/C=C\CCCCCCCCCCCC(=O)OCC(COC(=O)CCCCCCC/C=C\C/C=C\CCCC)OC(=O)CCCCCCC/C=C\CCCCCCCCC. The van der Waals surface area contributed by atoms with Gasteiger partial charge in [-0.15, -0.1) is 0 Å². The first-order chi connectivity index (χ1) is 39.0. The monoisotopic (exact) mass is 1090 g/mol. The molecule has 0 rings (SSSR count). The van der Waals surface area contributed by atoms with Crippen LogP contribution in [0.15, 0.2) is 122 Å². The maximum atomic E-state index is 12.9. The fourth-order valence-corrected chi connectivity index (χ4v) is 8.96. The van der Waals surface area contributed by atoms with Gasteiger partial charge in [0.2, 0.25) is 0 Å². The molecule has 0 aliphatic heterocycles. The molecular weight excluding hydrogens is 973 g/mol. The Morgan fingerprint density at radius 3 is 0.823 bits per heavy atom. The summed E-state index contributed by atoms with van der Waals surface area (Å²) >= 11 is 0. The third-order valence-corrected chi connectivity index (χ3v) is 13.9. The number of hydrogen-bond acceptors (Lipinski definition) is 6. The number of unbranched alkanes of at least 4 members (excludes halogenated alkanes) is 28. The van der Waals surface area contributed by atoms with Crippen LogP contribution in [0.25, 0.3) is 0 Å². The smallest absolute Gasteiger partial charge is 0.306 e. The van der Waals surface area contributed by atoms with Gasteiger partial charge < -0.3 is 14.2 Å². The maximum Gasteiger partial charge on any atom is 0.306 e. The molecule has 0 saturated carbocycles. The summed E-state index contributed by atoms with van der Waals surface area (Å²) in [6.07, 6.45) is 92.0. The highest BCUT2D eigenvalue weighted by atomic mass is 16.6. The predicted molar refractivity (Wildman–Crippen MR) is 343 cm³/mol. The number of carbonyl (C=O) groups excluding carboxylic acids is 3. The van der Waals surface area contributed by atoms with Crippen LogP contribution in [0, 0.1) is 0 Å². The third-order valence-electron chi connectivity index (χ3n) is 13.9. The fourth-order valence-electron chi connectivity index (χ4n) is 8.96. The highest BCUT2D eigenvalue weighted by molar-refractivity contribution is 5.71. The van der Waals surface area contributed by atoms with E-state index in [9.17, 15) is 14.4 Å². The lowest BCUT2D eigenvalue weighted by atomic mass is 10.1. The molecule has 0 N–H and O–H groups in total. The first-order valence-electron chi connectivity index (χ1n) is 33.0. The number of ether oxygens (including phenoxy) is 3. The minimum atomic E-state index is -0.794. The van der Waals surface area contributed by atoms with Crippen molar-refractivity contribution < 1.29 is 28.6 Å². The van der Waals surface area contributed by atoms with E-state index in [1.165, 1.54) is 116 Å². The summed E-state index contributed by atoms with van der Waals surface area (Å²) < 4.78 is 16.9. The van der Waals surface area contributed by atoms with E-state index in [4.69, 9.17) is 14.2 Å². The first-order valence-corrected chi connectivity index (χ1v) is 33.0. The molecule has 0 bridgehead atoms. The van der Waals surface area contributed by atoms with E-state index in [2.05, 4.69) is 142 Å². The number of esters is 3. The molecule has 0 aliphatic rings. The molecule has 6 heteroatoms. The molecule has 6 nitrogen and oxygen atoms in total. The Bertz CT molecular complexity index is 1640. The Balaban J connectivity index is 4.31. The van der Waals surface area contributed by atoms with Gasteiger partial charge in [-0.05, 0) is 128 Å².